The van der Waals surface area contributed by atoms with Gasteiger partial charge in [0.05, 0.1) is 0 Å². The zero-order valence-electron chi connectivity index (χ0n) is 12.5. The molecule has 0 fully saturated rings. The third kappa shape index (κ3) is 4.26. The molecule has 0 radical (unpaired) electrons. The van der Waals surface area contributed by atoms with Gasteiger partial charge in [0.25, 0.3) is 5.89 Å². The van der Waals surface area contributed by atoms with E-state index in [1.54, 1.807) is 13.0 Å². The number of aryl methyl sites for hydroxylation is 1. The van der Waals surface area contributed by atoms with Crippen LogP contribution in [0.5, 0.6) is 5.75 Å². The van der Waals surface area contributed by atoms with E-state index in [9.17, 15) is 4.39 Å². The highest BCUT2D eigenvalue weighted by Gasteiger charge is 2.13. The van der Waals surface area contributed by atoms with Crippen LogP contribution in [0, 0.1) is 12.7 Å². The van der Waals surface area contributed by atoms with Crippen LogP contribution < -0.4 is 10.1 Å². The van der Waals surface area contributed by atoms with Gasteiger partial charge in [-0.25, -0.2) is 4.39 Å². The Morgan fingerprint density at radius 3 is 2.90 bits per heavy atom. The van der Waals surface area contributed by atoms with Gasteiger partial charge in [-0.05, 0) is 45.0 Å². The third-order valence-corrected chi connectivity index (χ3v) is 3.06. The lowest BCUT2D eigenvalue weighted by Crippen LogP contribution is -2.20. The number of hydrogen-bond donors (Lipinski definition) is 1. The summed E-state index contributed by atoms with van der Waals surface area (Å²) in [6, 6.07) is 4.49. The van der Waals surface area contributed by atoms with Crippen LogP contribution in [-0.2, 0) is 6.61 Å². The van der Waals surface area contributed by atoms with Gasteiger partial charge in [0.15, 0.2) is 12.4 Å². The van der Waals surface area contributed by atoms with Gasteiger partial charge in [-0.1, -0.05) is 12.1 Å². The van der Waals surface area contributed by atoms with E-state index < -0.39 is 0 Å². The van der Waals surface area contributed by atoms with E-state index in [0.717, 1.165) is 18.5 Å². The molecule has 0 aliphatic rings. The molecule has 0 saturated carbocycles. The van der Waals surface area contributed by atoms with Crippen molar-refractivity contribution in [3.63, 3.8) is 0 Å². The fourth-order valence-electron chi connectivity index (χ4n) is 2.00. The first kappa shape index (κ1) is 15.4. The maximum atomic E-state index is 13.5. The summed E-state index contributed by atoms with van der Waals surface area (Å²) in [6.45, 7) is 6.84. The summed E-state index contributed by atoms with van der Waals surface area (Å²) < 4.78 is 24.2. The Hall–Kier alpha value is -1.95. The monoisotopic (exact) mass is 293 g/mol. The minimum Gasteiger partial charge on any atom is -0.483 e. The predicted octanol–water partition coefficient (Wildman–Crippen LogP) is 3.16. The highest BCUT2D eigenvalue weighted by molar-refractivity contribution is 5.36. The van der Waals surface area contributed by atoms with Crippen LogP contribution in [0.3, 0.4) is 0 Å². The van der Waals surface area contributed by atoms with Gasteiger partial charge in [-0.3, -0.25) is 0 Å². The number of nitrogens with one attached hydrogen (secondary N) is 1. The maximum Gasteiger partial charge on any atom is 0.264 e. The van der Waals surface area contributed by atoms with Crippen molar-refractivity contribution in [1.82, 2.24) is 15.5 Å². The molecule has 2 rings (SSSR count). The molecule has 1 N–H and O–H groups in total. The molecule has 1 heterocycles. The summed E-state index contributed by atoms with van der Waals surface area (Å²) in [5, 5.41) is 7.02. The van der Waals surface area contributed by atoms with E-state index >= 15 is 0 Å². The second kappa shape index (κ2) is 7.17. The van der Waals surface area contributed by atoms with Crippen molar-refractivity contribution in [2.24, 2.45) is 0 Å². The Bertz CT molecular complexity index is 586. The van der Waals surface area contributed by atoms with Crippen LogP contribution in [0.2, 0.25) is 0 Å². The molecule has 0 bridgehead atoms. The van der Waals surface area contributed by atoms with Crippen LogP contribution in [0.15, 0.2) is 22.7 Å². The highest BCUT2D eigenvalue weighted by atomic mass is 19.1. The molecule has 0 amide bonds. The number of benzene rings is 1. The lowest BCUT2D eigenvalue weighted by atomic mass is 10.1. The molecular formula is C15H20FN3O2. The molecule has 2 aromatic rings. The van der Waals surface area contributed by atoms with Gasteiger partial charge in [-0.15, -0.1) is 0 Å². The SMILES string of the molecule is CCCNC(C)c1cc(F)ccc1OCc1nc(C)no1. The molecule has 0 aliphatic carbocycles. The van der Waals surface area contributed by atoms with E-state index in [2.05, 4.69) is 22.4 Å². The molecule has 114 valence electrons. The quantitative estimate of drug-likeness (QED) is 0.849. The van der Waals surface area contributed by atoms with Crippen molar-refractivity contribution in [3.05, 3.63) is 41.3 Å². The topological polar surface area (TPSA) is 60.2 Å². The first-order valence-electron chi connectivity index (χ1n) is 7.05. The maximum absolute atomic E-state index is 13.5. The normalized spacial score (nSPS) is 12.4. The number of aromatic nitrogens is 2. The Morgan fingerprint density at radius 2 is 2.24 bits per heavy atom. The summed E-state index contributed by atoms with van der Waals surface area (Å²) in [5.74, 6) is 1.29. The molecule has 0 saturated heterocycles. The van der Waals surface area contributed by atoms with Gasteiger partial charge in [0.1, 0.15) is 11.6 Å². The number of ether oxygens (including phenoxy) is 1. The summed E-state index contributed by atoms with van der Waals surface area (Å²) in [4.78, 5) is 4.07. The Kier molecular flexibility index (Phi) is 5.27. The van der Waals surface area contributed by atoms with Gasteiger partial charge < -0.3 is 14.6 Å². The van der Waals surface area contributed by atoms with Gasteiger partial charge in [-0.2, -0.15) is 4.98 Å². The summed E-state index contributed by atoms with van der Waals surface area (Å²) >= 11 is 0. The summed E-state index contributed by atoms with van der Waals surface area (Å²) in [6.07, 6.45) is 1.01. The average Bonchev–Trinajstić information content (AvgIpc) is 2.89. The molecule has 1 unspecified atom stereocenters. The number of rotatable bonds is 7. The second-order valence-electron chi connectivity index (χ2n) is 4.88. The van der Waals surface area contributed by atoms with E-state index in [1.807, 2.05) is 6.92 Å². The van der Waals surface area contributed by atoms with Crippen molar-refractivity contribution in [2.45, 2.75) is 39.8 Å². The van der Waals surface area contributed by atoms with E-state index in [-0.39, 0.29) is 18.5 Å². The fourth-order valence-corrected chi connectivity index (χ4v) is 2.00. The molecule has 1 atom stereocenters. The number of nitrogens with zero attached hydrogens (tertiary/aromatic N) is 2. The van der Waals surface area contributed by atoms with Gasteiger partial charge in [0.2, 0.25) is 0 Å². The second-order valence-corrected chi connectivity index (χ2v) is 4.88. The minimum atomic E-state index is -0.281. The van der Waals surface area contributed by atoms with E-state index in [0.29, 0.717) is 17.5 Å². The first-order chi connectivity index (χ1) is 10.1. The van der Waals surface area contributed by atoms with Gasteiger partial charge >= 0.3 is 0 Å². The smallest absolute Gasteiger partial charge is 0.264 e. The van der Waals surface area contributed by atoms with Crippen LogP contribution in [0.1, 0.15) is 43.6 Å². The van der Waals surface area contributed by atoms with Crippen LogP contribution in [0.25, 0.3) is 0 Å². The lowest BCUT2D eigenvalue weighted by Gasteiger charge is -2.17. The van der Waals surface area contributed by atoms with Crippen molar-refractivity contribution < 1.29 is 13.7 Å². The molecule has 0 spiro atoms. The standard InChI is InChI=1S/C15H20FN3O2/c1-4-7-17-10(2)13-8-12(16)5-6-14(13)20-9-15-18-11(3)19-21-15/h5-6,8,10,17H,4,7,9H2,1-3H3. The van der Waals surface area contributed by atoms with E-state index in [4.69, 9.17) is 9.26 Å². The molecule has 0 aliphatic heterocycles. The Labute approximate surface area is 123 Å². The van der Waals surface area contributed by atoms with Crippen LogP contribution in [-0.4, -0.2) is 16.7 Å². The Morgan fingerprint density at radius 1 is 1.43 bits per heavy atom. The molecule has 21 heavy (non-hydrogen) atoms. The summed E-state index contributed by atoms with van der Waals surface area (Å²) in [5.41, 5.74) is 0.777. The molecule has 6 heteroatoms. The fraction of sp³-hybridized carbons (Fsp3) is 0.467. The zero-order valence-corrected chi connectivity index (χ0v) is 12.5. The minimum absolute atomic E-state index is 0.0000660. The molecule has 5 nitrogen and oxygen atoms in total. The van der Waals surface area contributed by atoms with Crippen molar-refractivity contribution >= 4 is 0 Å². The largest absolute Gasteiger partial charge is 0.483 e. The summed E-state index contributed by atoms with van der Waals surface area (Å²) in [7, 11) is 0. The first-order valence-corrected chi connectivity index (χ1v) is 7.05. The molecule has 1 aromatic carbocycles. The molecular weight excluding hydrogens is 273 g/mol. The van der Waals surface area contributed by atoms with Crippen molar-refractivity contribution in [1.29, 1.82) is 0 Å². The lowest BCUT2D eigenvalue weighted by molar-refractivity contribution is 0.239. The molecule has 1 aromatic heterocycles. The van der Waals surface area contributed by atoms with E-state index in [1.165, 1.54) is 12.1 Å². The third-order valence-electron chi connectivity index (χ3n) is 3.06. The predicted molar refractivity (Wildman–Crippen MR) is 76.5 cm³/mol. The highest BCUT2D eigenvalue weighted by Crippen LogP contribution is 2.26. The van der Waals surface area contributed by atoms with Gasteiger partial charge in [0, 0.05) is 11.6 Å². The zero-order chi connectivity index (χ0) is 15.2. The Balaban J connectivity index is 2.10. The van der Waals surface area contributed by atoms with Crippen molar-refractivity contribution in [3.8, 4) is 5.75 Å². The van der Waals surface area contributed by atoms with Crippen LogP contribution in [0.4, 0.5) is 4.39 Å². The van der Waals surface area contributed by atoms with Crippen molar-refractivity contribution in [2.75, 3.05) is 6.54 Å². The average molecular weight is 293 g/mol. The van der Waals surface area contributed by atoms with Crippen LogP contribution >= 0.6 is 0 Å². The number of hydrogen-bond acceptors (Lipinski definition) is 5. The number of halogens is 1.